The number of sulfonamides is 1. The van der Waals surface area contributed by atoms with Gasteiger partial charge in [-0.3, -0.25) is 9.89 Å². The lowest BCUT2D eigenvalue weighted by molar-refractivity contribution is 0.0698. The number of carbonyl (C=O) groups excluding carboxylic acids is 1. The molecule has 1 aliphatic rings. The van der Waals surface area contributed by atoms with Crippen LogP contribution in [0.3, 0.4) is 0 Å². The van der Waals surface area contributed by atoms with E-state index in [4.69, 9.17) is 23.2 Å². The summed E-state index contributed by atoms with van der Waals surface area (Å²) in [6.45, 7) is 0.793. The zero-order valence-corrected chi connectivity index (χ0v) is 18.1. The molecule has 4 rings (SSSR count). The van der Waals surface area contributed by atoms with E-state index in [-0.39, 0.29) is 47.0 Å². The number of aromatic amines is 1. The maximum absolute atomic E-state index is 13.0. The van der Waals surface area contributed by atoms with Gasteiger partial charge in [0.15, 0.2) is 0 Å². The summed E-state index contributed by atoms with van der Waals surface area (Å²) in [4.78, 5) is 14.6. The summed E-state index contributed by atoms with van der Waals surface area (Å²) in [5.74, 6) is -0.199. The number of hydrogen-bond acceptors (Lipinski definition) is 4. The number of rotatable bonds is 4. The predicted octanol–water partition coefficient (Wildman–Crippen LogP) is 3.53. The van der Waals surface area contributed by atoms with Crippen molar-refractivity contribution < 1.29 is 13.2 Å². The molecule has 2 aromatic carbocycles. The lowest BCUT2D eigenvalue weighted by Crippen LogP contribution is -2.50. The average molecular weight is 465 g/mol. The Hall–Kier alpha value is -2.39. The van der Waals surface area contributed by atoms with E-state index in [1.165, 1.54) is 22.6 Å². The summed E-state index contributed by atoms with van der Waals surface area (Å²) in [5.41, 5.74) is 1.94. The first-order chi connectivity index (χ1) is 14.4. The molecule has 0 unspecified atom stereocenters. The zero-order valence-electron chi connectivity index (χ0n) is 15.8. The molecule has 156 valence electrons. The van der Waals surface area contributed by atoms with Crippen molar-refractivity contribution in [3.63, 3.8) is 0 Å². The predicted molar refractivity (Wildman–Crippen MR) is 115 cm³/mol. The normalized spacial score (nSPS) is 15.3. The van der Waals surface area contributed by atoms with Gasteiger partial charge in [-0.25, -0.2) is 8.42 Å². The van der Waals surface area contributed by atoms with Crippen molar-refractivity contribution in [1.82, 2.24) is 19.4 Å². The molecular weight excluding hydrogens is 447 g/mol. The zero-order chi connectivity index (χ0) is 21.3. The minimum atomic E-state index is -3.86. The van der Waals surface area contributed by atoms with E-state index < -0.39 is 10.0 Å². The van der Waals surface area contributed by atoms with E-state index in [0.717, 1.165) is 5.56 Å². The van der Waals surface area contributed by atoms with Crippen LogP contribution in [-0.2, 0) is 10.0 Å². The fourth-order valence-corrected chi connectivity index (χ4v) is 5.95. The highest BCUT2D eigenvalue weighted by molar-refractivity contribution is 7.89. The van der Waals surface area contributed by atoms with Crippen molar-refractivity contribution in [2.75, 3.05) is 26.2 Å². The third-order valence-electron chi connectivity index (χ3n) is 4.97. The number of nitrogens with zero attached hydrogens (tertiary/aromatic N) is 3. The van der Waals surface area contributed by atoms with Crippen LogP contribution in [0.2, 0.25) is 10.0 Å². The molecule has 0 atom stereocenters. The Morgan fingerprint density at radius 2 is 1.57 bits per heavy atom. The maximum atomic E-state index is 13.0. The number of amides is 1. The molecule has 0 spiro atoms. The quantitative estimate of drug-likeness (QED) is 0.639. The first-order valence-corrected chi connectivity index (χ1v) is 11.4. The van der Waals surface area contributed by atoms with Gasteiger partial charge < -0.3 is 4.90 Å². The van der Waals surface area contributed by atoms with Gasteiger partial charge >= 0.3 is 0 Å². The molecule has 1 fully saturated rings. The van der Waals surface area contributed by atoms with Crippen molar-refractivity contribution in [3.05, 3.63) is 70.3 Å². The van der Waals surface area contributed by atoms with E-state index in [1.807, 2.05) is 30.3 Å². The molecule has 0 aliphatic carbocycles. The highest BCUT2D eigenvalue weighted by Gasteiger charge is 2.33. The lowest BCUT2D eigenvalue weighted by Gasteiger charge is -2.34. The standard InChI is InChI=1S/C20H18Cl2N4O3S/c21-16-7-4-8-17(22)19(16)30(28,29)26-11-9-25(10-12-26)20(27)15-13-23-24-18(15)14-5-2-1-3-6-14/h1-8,13H,9-12H2,(H,23,24). The Balaban J connectivity index is 1.51. The van der Waals surface area contributed by atoms with E-state index >= 15 is 0 Å². The Labute approximate surface area is 184 Å². The van der Waals surface area contributed by atoms with Gasteiger partial charge in [-0.15, -0.1) is 0 Å². The largest absolute Gasteiger partial charge is 0.336 e. The van der Waals surface area contributed by atoms with Gasteiger partial charge in [0, 0.05) is 31.7 Å². The number of nitrogens with one attached hydrogen (secondary N) is 1. The van der Waals surface area contributed by atoms with Crippen LogP contribution in [0.5, 0.6) is 0 Å². The second-order valence-corrected chi connectivity index (χ2v) is 9.46. The molecule has 0 saturated carbocycles. The Morgan fingerprint density at radius 3 is 2.20 bits per heavy atom. The van der Waals surface area contributed by atoms with E-state index in [0.29, 0.717) is 11.3 Å². The molecule has 1 saturated heterocycles. The molecule has 1 aliphatic heterocycles. The van der Waals surface area contributed by atoms with Crippen molar-refractivity contribution in [2.45, 2.75) is 4.90 Å². The topological polar surface area (TPSA) is 86.4 Å². The molecule has 1 amide bonds. The Morgan fingerprint density at radius 1 is 0.933 bits per heavy atom. The monoisotopic (exact) mass is 464 g/mol. The Kier molecular flexibility index (Phi) is 5.84. The summed E-state index contributed by atoms with van der Waals surface area (Å²) in [6, 6.07) is 14.0. The molecule has 3 aromatic rings. The summed E-state index contributed by atoms with van der Waals surface area (Å²) in [5, 5.41) is 7.05. The van der Waals surface area contributed by atoms with Crippen LogP contribution in [0.25, 0.3) is 11.3 Å². The van der Waals surface area contributed by atoms with Gasteiger partial charge in [0.2, 0.25) is 10.0 Å². The number of aromatic nitrogens is 2. The summed E-state index contributed by atoms with van der Waals surface area (Å²) in [7, 11) is -3.86. The highest BCUT2D eigenvalue weighted by atomic mass is 35.5. The van der Waals surface area contributed by atoms with E-state index in [9.17, 15) is 13.2 Å². The smallest absolute Gasteiger partial charge is 0.257 e. The van der Waals surface area contributed by atoms with Crippen LogP contribution in [0.15, 0.2) is 59.6 Å². The molecule has 30 heavy (non-hydrogen) atoms. The van der Waals surface area contributed by atoms with Crippen molar-refractivity contribution >= 4 is 39.1 Å². The van der Waals surface area contributed by atoms with Crippen molar-refractivity contribution in [1.29, 1.82) is 0 Å². The maximum Gasteiger partial charge on any atom is 0.257 e. The van der Waals surface area contributed by atoms with Crippen LogP contribution < -0.4 is 0 Å². The average Bonchev–Trinajstić information content (AvgIpc) is 3.23. The second-order valence-electron chi connectivity index (χ2n) is 6.77. The van der Waals surface area contributed by atoms with Gasteiger partial charge in [0.25, 0.3) is 5.91 Å². The number of halogens is 2. The van der Waals surface area contributed by atoms with Crippen molar-refractivity contribution in [3.8, 4) is 11.3 Å². The van der Waals surface area contributed by atoms with Crippen LogP contribution in [0, 0.1) is 0 Å². The van der Waals surface area contributed by atoms with E-state index in [2.05, 4.69) is 10.2 Å². The third kappa shape index (κ3) is 3.83. The van der Waals surface area contributed by atoms with Gasteiger partial charge in [0.1, 0.15) is 4.90 Å². The first-order valence-electron chi connectivity index (χ1n) is 9.22. The number of carbonyl (C=O) groups is 1. The lowest BCUT2D eigenvalue weighted by atomic mass is 10.1. The molecule has 7 nitrogen and oxygen atoms in total. The van der Waals surface area contributed by atoms with Gasteiger partial charge in [-0.05, 0) is 12.1 Å². The highest BCUT2D eigenvalue weighted by Crippen LogP contribution is 2.32. The molecular formula is C20H18Cl2N4O3S. The second kappa shape index (κ2) is 8.39. The van der Waals surface area contributed by atoms with Gasteiger partial charge in [0.05, 0.1) is 27.5 Å². The number of H-pyrrole nitrogens is 1. The Bertz CT molecular complexity index is 1150. The third-order valence-corrected chi connectivity index (χ3v) is 7.83. The van der Waals surface area contributed by atoms with Gasteiger partial charge in [-0.2, -0.15) is 9.40 Å². The van der Waals surface area contributed by atoms with E-state index in [1.54, 1.807) is 11.0 Å². The fraction of sp³-hybridized carbons (Fsp3) is 0.200. The minimum absolute atomic E-state index is 0.0758. The van der Waals surface area contributed by atoms with Crippen LogP contribution in [-0.4, -0.2) is 59.9 Å². The van der Waals surface area contributed by atoms with Crippen LogP contribution in [0.4, 0.5) is 0 Å². The molecule has 1 aromatic heterocycles. The number of hydrogen-bond donors (Lipinski definition) is 1. The van der Waals surface area contributed by atoms with Crippen LogP contribution in [0.1, 0.15) is 10.4 Å². The number of benzene rings is 2. The molecule has 1 N–H and O–H groups in total. The summed E-state index contributed by atoms with van der Waals surface area (Å²) < 4.78 is 27.3. The van der Waals surface area contributed by atoms with Gasteiger partial charge in [-0.1, -0.05) is 59.6 Å². The summed E-state index contributed by atoms with van der Waals surface area (Å²) in [6.07, 6.45) is 1.50. The number of piperazine rings is 1. The fourth-order valence-electron chi connectivity index (χ4n) is 3.43. The SMILES string of the molecule is O=C(c1cn[nH]c1-c1ccccc1)N1CCN(S(=O)(=O)c2c(Cl)cccc2Cl)CC1. The van der Waals surface area contributed by atoms with Crippen molar-refractivity contribution in [2.24, 2.45) is 0 Å². The first kappa shape index (κ1) is 20.9. The molecule has 0 bridgehead atoms. The molecule has 2 heterocycles. The van der Waals surface area contributed by atoms with Crippen LogP contribution >= 0.6 is 23.2 Å². The molecule has 10 heteroatoms. The summed E-state index contributed by atoms with van der Waals surface area (Å²) >= 11 is 12.2. The minimum Gasteiger partial charge on any atom is -0.336 e. The molecule has 0 radical (unpaired) electrons.